The maximum absolute atomic E-state index is 12.1. The molecule has 22 heavy (non-hydrogen) atoms. The number of carbonyl (C=O) groups excluding carboxylic acids is 1. The molecule has 0 radical (unpaired) electrons. The van der Waals surface area contributed by atoms with Gasteiger partial charge in [-0.2, -0.15) is 0 Å². The Kier molecular flexibility index (Phi) is 5.32. The first kappa shape index (κ1) is 16.2. The molecule has 0 bridgehead atoms. The second kappa shape index (κ2) is 7.22. The van der Waals surface area contributed by atoms with Gasteiger partial charge < -0.3 is 15.7 Å². The van der Waals surface area contributed by atoms with E-state index in [0.29, 0.717) is 12.2 Å². The third-order valence-corrected chi connectivity index (χ3v) is 3.51. The molecular formula is C15H23N5O2. The van der Waals surface area contributed by atoms with E-state index in [0.717, 1.165) is 5.65 Å². The average molecular weight is 305 g/mol. The van der Waals surface area contributed by atoms with Crippen LogP contribution in [0.1, 0.15) is 39.1 Å². The number of aliphatic hydroxyl groups excluding tert-OH is 1. The van der Waals surface area contributed by atoms with Gasteiger partial charge in [-0.15, -0.1) is 10.2 Å². The summed E-state index contributed by atoms with van der Waals surface area (Å²) in [7, 11) is 0. The van der Waals surface area contributed by atoms with Crippen LogP contribution in [0.5, 0.6) is 0 Å². The fraction of sp³-hybridized carbons (Fsp3) is 0.533. The van der Waals surface area contributed by atoms with Crippen molar-refractivity contribution in [2.24, 2.45) is 5.92 Å². The van der Waals surface area contributed by atoms with Gasteiger partial charge >= 0.3 is 6.03 Å². The van der Waals surface area contributed by atoms with Gasteiger partial charge in [0.1, 0.15) is 0 Å². The Labute approximate surface area is 129 Å². The second-order valence-corrected chi connectivity index (χ2v) is 5.74. The predicted octanol–water partition coefficient (Wildman–Crippen LogP) is 1.50. The zero-order valence-corrected chi connectivity index (χ0v) is 13.2. The zero-order chi connectivity index (χ0) is 16.1. The van der Waals surface area contributed by atoms with Crippen molar-refractivity contribution in [3.63, 3.8) is 0 Å². The Morgan fingerprint density at radius 3 is 2.73 bits per heavy atom. The van der Waals surface area contributed by atoms with Gasteiger partial charge in [-0.3, -0.25) is 4.40 Å². The van der Waals surface area contributed by atoms with Crippen molar-refractivity contribution in [3.8, 4) is 0 Å². The van der Waals surface area contributed by atoms with E-state index in [1.807, 2.05) is 49.6 Å². The summed E-state index contributed by atoms with van der Waals surface area (Å²) in [5.74, 6) is 0.863. The van der Waals surface area contributed by atoms with Gasteiger partial charge in [-0.25, -0.2) is 4.79 Å². The fourth-order valence-corrected chi connectivity index (χ4v) is 2.27. The summed E-state index contributed by atoms with van der Waals surface area (Å²) in [6.07, 6.45) is 2.40. The summed E-state index contributed by atoms with van der Waals surface area (Å²) >= 11 is 0. The lowest BCUT2D eigenvalue weighted by atomic mass is 10.0. The highest BCUT2D eigenvalue weighted by atomic mass is 16.3. The Balaban J connectivity index is 2.15. The number of aromatic nitrogens is 3. The summed E-state index contributed by atoms with van der Waals surface area (Å²) in [4.78, 5) is 12.1. The van der Waals surface area contributed by atoms with Crippen molar-refractivity contribution in [1.29, 1.82) is 0 Å². The molecule has 2 heterocycles. The number of hydrogen-bond acceptors (Lipinski definition) is 4. The zero-order valence-electron chi connectivity index (χ0n) is 13.2. The third-order valence-electron chi connectivity index (χ3n) is 3.51. The molecule has 0 spiro atoms. The molecule has 0 saturated carbocycles. The van der Waals surface area contributed by atoms with Crippen LogP contribution in [-0.2, 0) is 0 Å². The SMILES string of the molecule is CC(C)C(NC(=O)N[C@H](C)CCO)c1nnc2ccccn12. The largest absolute Gasteiger partial charge is 0.396 e. The Hall–Kier alpha value is -2.15. The highest BCUT2D eigenvalue weighted by Crippen LogP contribution is 2.20. The lowest BCUT2D eigenvalue weighted by Crippen LogP contribution is -2.44. The number of fused-ring (bicyclic) bond motifs is 1. The van der Waals surface area contributed by atoms with Crippen LogP contribution in [0, 0.1) is 5.92 Å². The summed E-state index contributed by atoms with van der Waals surface area (Å²) in [5, 5.41) is 23.0. The van der Waals surface area contributed by atoms with E-state index in [9.17, 15) is 4.79 Å². The molecule has 3 N–H and O–H groups in total. The van der Waals surface area contributed by atoms with Gasteiger partial charge in [0.25, 0.3) is 0 Å². The summed E-state index contributed by atoms with van der Waals surface area (Å²) in [6.45, 7) is 5.94. The number of rotatable bonds is 6. The molecule has 2 aromatic rings. The van der Waals surface area contributed by atoms with Crippen molar-refractivity contribution >= 4 is 11.7 Å². The van der Waals surface area contributed by atoms with Crippen molar-refractivity contribution in [3.05, 3.63) is 30.2 Å². The fourth-order valence-electron chi connectivity index (χ4n) is 2.27. The minimum absolute atomic E-state index is 0.0455. The molecule has 2 atom stereocenters. The molecule has 0 aliphatic carbocycles. The molecule has 0 fully saturated rings. The van der Waals surface area contributed by atoms with Crippen molar-refractivity contribution in [1.82, 2.24) is 25.2 Å². The molecule has 0 aliphatic heterocycles. The standard InChI is InChI=1S/C15H23N5O2/c1-10(2)13(17-15(22)16-11(3)7-9-21)14-19-18-12-6-4-5-8-20(12)14/h4-6,8,10-11,13,21H,7,9H2,1-3H3,(H2,16,17,22)/t11-,13?/m1/s1. The van der Waals surface area contributed by atoms with Crippen molar-refractivity contribution in [2.75, 3.05) is 6.61 Å². The molecule has 0 saturated heterocycles. The molecule has 7 nitrogen and oxygen atoms in total. The van der Waals surface area contributed by atoms with Crippen LogP contribution in [0.4, 0.5) is 4.79 Å². The summed E-state index contributed by atoms with van der Waals surface area (Å²) in [6, 6.07) is 5.06. The van der Waals surface area contributed by atoms with Crippen LogP contribution in [0.15, 0.2) is 24.4 Å². The predicted molar refractivity (Wildman–Crippen MR) is 83.4 cm³/mol. The third kappa shape index (κ3) is 3.73. The molecule has 2 rings (SSSR count). The van der Waals surface area contributed by atoms with E-state index in [-0.39, 0.29) is 30.6 Å². The van der Waals surface area contributed by atoms with E-state index in [1.54, 1.807) is 0 Å². The van der Waals surface area contributed by atoms with E-state index in [1.165, 1.54) is 0 Å². The maximum atomic E-state index is 12.1. The molecule has 2 aromatic heterocycles. The average Bonchev–Trinajstić information content (AvgIpc) is 2.88. The van der Waals surface area contributed by atoms with Crippen LogP contribution in [0.3, 0.4) is 0 Å². The number of urea groups is 1. The number of hydrogen-bond donors (Lipinski definition) is 3. The normalized spacial score (nSPS) is 14.0. The highest BCUT2D eigenvalue weighted by Gasteiger charge is 2.23. The van der Waals surface area contributed by atoms with E-state index in [2.05, 4.69) is 20.8 Å². The summed E-state index contributed by atoms with van der Waals surface area (Å²) in [5.41, 5.74) is 0.749. The van der Waals surface area contributed by atoms with Crippen LogP contribution >= 0.6 is 0 Å². The molecule has 2 amide bonds. The number of aliphatic hydroxyl groups is 1. The molecular weight excluding hydrogens is 282 g/mol. The lowest BCUT2D eigenvalue weighted by molar-refractivity contribution is 0.223. The van der Waals surface area contributed by atoms with Gasteiger partial charge in [0.2, 0.25) is 0 Å². The quantitative estimate of drug-likeness (QED) is 0.754. The smallest absolute Gasteiger partial charge is 0.315 e. The first-order valence-electron chi connectivity index (χ1n) is 7.50. The number of amides is 2. The van der Waals surface area contributed by atoms with Gasteiger partial charge in [0.15, 0.2) is 11.5 Å². The first-order valence-corrected chi connectivity index (χ1v) is 7.50. The topological polar surface area (TPSA) is 91.5 Å². The minimum atomic E-state index is -0.271. The second-order valence-electron chi connectivity index (χ2n) is 5.74. The minimum Gasteiger partial charge on any atom is -0.396 e. The Morgan fingerprint density at radius 2 is 2.05 bits per heavy atom. The summed E-state index contributed by atoms with van der Waals surface area (Å²) < 4.78 is 1.88. The number of nitrogens with zero attached hydrogens (tertiary/aromatic N) is 3. The molecule has 7 heteroatoms. The monoisotopic (exact) mass is 305 g/mol. The lowest BCUT2D eigenvalue weighted by Gasteiger charge is -2.22. The van der Waals surface area contributed by atoms with Crippen molar-refractivity contribution < 1.29 is 9.90 Å². The van der Waals surface area contributed by atoms with Crippen LogP contribution in [-0.4, -0.2) is 38.4 Å². The van der Waals surface area contributed by atoms with Crippen molar-refractivity contribution in [2.45, 2.75) is 39.3 Å². The number of carbonyl (C=O) groups is 1. The molecule has 120 valence electrons. The van der Waals surface area contributed by atoms with Gasteiger partial charge in [-0.1, -0.05) is 19.9 Å². The Morgan fingerprint density at radius 1 is 1.27 bits per heavy atom. The maximum Gasteiger partial charge on any atom is 0.315 e. The molecule has 1 unspecified atom stereocenters. The van der Waals surface area contributed by atoms with Gasteiger partial charge in [-0.05, 0) is 31.4 Å². The Bertz CT molecular complexity index is 625. The van der Waals surface area contributed by atoms with E-state index in [4.69, 9.17) is 5.11 Å². The molecule has 0 aliphatic rings. The number of pyridine rings is 1. The molecule has 0 aromatic carbocycles. The highest BCUT2D eigenvalue weighted by molar-refractivity contribution is 5.74. The van der Waals surface area contributed by atoms with Crippen LogP contribution < -0.4 is 10.6 Å². The van der Waals surface area contributed by atoms with E-state index >= 15 is 0 Å². The van der Waals surface area contributed by atoms with Gasteiger partial charge in [0.05, 0.1) is 6.04 Å². The first-order chi connectivity index (χ1) is 10.5. The van der Waals surface area contributed by atoms with E-state index < -0.39 is 0 Å². The van der Waals surface area contributed by atoms with Gasteiger partial charge in [0, 0.05) is 18.8 Å². The van der Waals surface area contributed by atoms with Crippen LogP contribution in [0.25, 0.3) is 5.65 Å². The number of nitrogens with one attached hydrogen (secondary N) is 2. The van der Waals surface area contributed by atoms with Crippen LogP contribution in [0.2, 0.25) is 0 Å².